The van der Waals surface area contributed by atoms with E-state index in [0.717, 1.165) is 45.6 Å². The van der Waals surface area contributed by atoms with E-state index in [1.165, 1.54) is 10.6 Å². The van der Waals surface area contributed by atoms with Crippen molar-refractivity contribution < 1.29 is 9.53 Å². The largest absolute Gasteiger partial charge is 0.381 e. The van der Waals surface area contributed by atoms with E-state index >= 15 is 0 Å². The number of hydrogen-bond acceptors (Lipinski definition) is 5. The summed E-state index contributed by atoms with van der Waals surface area (Å²) in [5.74, 6) is 0.113. The Labute approximate surface area is 158 Å². The molecule has 0 spiro atoms. The molecule has 0 aromatic carbocycles. The van der Waals surface area contributed by atoms with E-state index in [1.807, 2.05) is 12.3 Å². The zero-order valence-electron chi connectivity index (χ0n) is 15.0. The predicted molar refractivity (Wildman–Crippen MR) is 101 cm³/mol. The first-order chi connectivity index (χ1) is 12.8. The second-order valence-electron chi connectivity index (χ2n) is 7.08. The highest BCUT2D eigenvalue weighted by Gasteiger charge is 2.31. The summed E-state index contributed by atoms with van der Waals surface area (Å²) in [4.78, 5) is 16.3. The molecule has 140 valence electrons. The number of thiophene rings is 1. The molecular weight excluding hydrogens is 348 g/mol. The van der Waals surface area contributed by atoms with E-state index in [-0.39, 0.29) is 11.9 Å². The molecule has 0 saturated carbocycles. The van der Waals surface area contributed by atoms with Crippen LogP contribution < -0.4 is 5.32 Å². The molecule has 7 heteroatoms. The Morgan fingerprint density at radius 2 is 2.23 bits per heavy atom. The Balaban J connectivity index is 1.34. The summed E-state index contributed by atoms with van der Waals surface area (Å²) < 4.78 is 7.55. The lowest BCUT2D eigenvalue weighted by Gasteiger charge is -2.40. The third kappa shape index (κ3) is 4.16. The topological polar surface area (TPSA) is 59.4 Å². The first kappa shape index (κ1) is 17.7. The van der Waals surface area contributed by atoms with Crippen LogP contribution >= 0.6 is 11.3 Å². The van der Waals surface area contributed by atoms with Crippen LogP contribution in [-0.2, 0) is 22.5 Å². The molecule has 26 heavy (non-hydrogen) atoms. The summed E-state index contributed by atoms with van der Waals surface area (Å²) in [5, 5.41) is 9.63. The van der Waals surface area contributed by atoms with E-state index in [9.17, 15) is 4.79 Å². The van der Waals surface area contributed by atoms with Gasteiger partial charge in [0.1, 0.15) is 0 Å². The van der Waals surface area contributed by atoms with E-state index in [0.29, 0.717) is 19.0 Å². The van der Waals surface area contributed by atoms with Gasteiger partial charge >= 0.3 is 0 Å². The smallest absolute Gasteiger partial charge is 0.222 e. The van der Waals surface area contributed by atoms with Crippen LogP contribution in [0.15, 0.2) is 29.8 Å². The average Bonchev–Trinajstić information content (AvgIpc) is 3.34. The standard InChI is InChI=1S/C19H26N4O2S/c24-19(20-7-4-18-2-1-11-26-18)12-17-14-22(15-5-9-25-10-6-15)13-16-3-8-21-23(16)17/h1-3,8,11,15,17H,4-7,9-10,12-14H2,(H,20,24). The summed E-state index contributed by atoms with van der Waals surface area (Å²) in [6.07, 6.45) is 5.39. The van der Waals surface area contributed by atoms with Gasteiger partial charge in [-0.1, -0.05) is 6.07 Å². The van der Waals surface area contributed by atoms with Gasteiger partial charge in [0.25, 0.3) is 0 Å². The van der Waals surface area contributed by atoms with Gasteiger partial charge in [-0.15, -0.1) is 11.3 Å². The number of carbonyl (C=O) groups excluding carboxylic acids is 1. The Kier molecular flexibility index (Phi) is 5.67. The predicted octanol–water partition coefficient (Wildman–Crippen LogP) is 2.23. The maximum Gasteiger partial charge on any atom is 0.222 e. The summed E-state index contributed by atoms with van der Waals surface area (Å²) in [6, 6.07) is 6.90. The molecule has 0 radical (unpaired) electrons. The van der Waals surface area contributed by atoms with Gasteiger partial charge < -0.3 is 10.1 Å². The van der Waals surface area contributed by atoms with Crippen molar-refractivity contribution in [3.63, 3.8) is 0 Å². The molecule has 2 aromatic rings. The summed E-state index contributed by atoms with van der Waals surface area (Å²) >= 11 is 1.74. The monoisotopic (exact) mass is 374 g/mol. The molecule has 0 aliphatic carbocycles. The molecule has 4 rings (SSSR count). The minimum absolute atomic E-state index is 0.110. The van der Waals surface area contributed by atoms with Crippen molar-refractivity contribution in [3.05, 3.63) is 40.3 Å². The Hall–Kier alpha value is -1.70. The van der Waals surface area contributed by atoms with Crippen LogP contribution in [0.4, 0.5) is 0 Å². The van der Waals surface area contributed by atoms with Gasteiger partial charge in [-0.3, -0.25) is 14.4 Å². The van der Waals surface area contributed by atoms with Crippen molar-refractivity contribution in [2.75, 3.05) is 26.3 Å². The molecular formula is C19H26N4O2S. The number of amides is 1. The minimum atomic E-state index is 0.110. The van der Waals surface area contributed by atoms with Crippen molar-refractivity contribution in [3.8, 4) is 0 Å². The van der Waals surface area contributed by atoms with Gasteiger partial charge in [-0.2, -0.15) is 5.10 Å². The quantitative estimate of drug-likeness (QED) is 0.842. The number of nitrogens with one attached hydrogen (secondary N) is 1. The van der Waals surface area contributed by atoms with Crippen LogP contribution in [0.1, 0.15) is 35.9 Å². The highest BCUT2D eigenvalue weighted by molar-refractivity contribution is 7.09. The van der Waals surface area contributed by atoms with Crippen LogP contribution in [0, 0.1) is 0 Å². The third-order valence-electron chi connectivity index (χ3n) is 5.31. The molecule has 6 nitrogen and oxygen atoms in total. The Morgan fingerprint density at radius 1 is 1.35 bits per heavy atom. The van der Waals surface area contributed by atoms with Crippen LogP contribution in [0.3, 0.4) is 0 Å². The number of rotatable bonds is 6. The second kappa shape index (κ2) is 8.33. The lowest BCUT2D eigenvalue weighted by Crippen LogP contribution is -2.46. The zero-order chi connectivity index (χ0) is 17.8. The molecule has 1 unspecified atom stereocenters. The molecule has 0 bridgehead atoms. The third-order valence-corrected chi connectivity index (χ3v) is 6.25. The van der Waals surface area contributed by atoms with E-state index in [4.69, 9.17) is 4.74 Å². The normalized spacial score (nSPS) is 21.5. The SMILES string of the molecule is O=C(CC1CN(C2CCOCC2)Cc2ccnn21)NCCc1cccs1. The maximum absolute atomic E-state index is 12.5. The molecule has 2 aliphatic heterocycles. The fourth-order valence-electron chi connectivity index (χ4n) is 3.96. The average molecular weight is 375 g/mol. The Bertz CT molecular complexity index is 709. The molecule has 1 saturated heterocycles. The van der Waals surface area contributed by atoms with Gasteiger partial charge in [-0.05, 0) is 36.8 Å². The van der Waals surface area contributed by atoms with Crippen LogP contribution in [0.2, 0.25) is 0 Å². The molecule has 4 heterocycles. The van der Waals surface area contributed by atoms with Gasteiger partial charge in [0.05, 0.1) is 18.2 Å². The highest BCUT2D eigenvalue weighted by atomic mass is 32.1. The first-order valence-corrected chi connectivity index (χ1v) is 10.3. The number of ether oxygens (including phenoxy) is 1. The molecule has 2 aromatic heterocycles. The fourth-order valence-corrected chi connectivity index (χ4v) is 4.67. The van der Waals surface area contributed by atoms with Crippen molar-refractivity contribution in [1.82, 2.24) is 20.0 Å². The lowest BCUT2D eigenvalue weighted by molar-refractivity contribution is -0.122. The fraction of sp³-hybridized carbons (Fsp3) is 0.579. The van der Waals surface area contributed by atoms with Crippen LogP contribution in [0.25, 0.3) is 0 Å². The van der Waals surface area contributed by atoms with Crippen molar-refractivity contribution in [2.24, 2.45) is 0 Å². The van der Waals surface area contributed by atoms with Crippen molar-refractivity contribution in [2.45, 2.75) is 44.3 Å². The van der Waals surface area contributed by atoms with Crippen molar-refractivity contribution in [1.29, 1.82) is 0 Å². The number of carbonyl (C=O) groups is 1. The zero-order valence-corrected chi connectivity index (χ0v) is 15.8. The molecule has 2 aliphatic rings. The van der Waals surface area contributed by atoms with Crippen LogP contribution in [0.5, 0.6) is 0 Å². The number of nitrogens with zero attached hydrogens (tertiary/aromatic N) is 3. The number of aromatic nitrogens is 2. The maximum atomic E-state index is 12.5. The second-order valence-corrected chi connectivity index (χ2v) is 8.11. The van der Waals surface area contributed by atoms with E-state index < -0.39 is 0 Å². The molecule has 1 atom stereocenters. The van der Waals surface area contributed by atoms with Gasteiger partial charge in [0, 0.05) is 50.0 Å². The summed E-state index contributed by atoms with van der Waals surface area (Å²) in [5.41, 5.74) is 1.21. The van der Waals surface area contributed by atoms with E-state index in [1.54, 1.807) is 11.3 Å². The highest BCUT2D eigenvalue weighted by Crippen LogP contribution is 2.27. The molecule has 1 amide bonds. The summed E-state index contributed by atoms with van der Waals surface area (Å²) in [6.45, 7) is 4.18. The van der Waals surface area contributed by atoms with E-state index in [2.05, 4.69) is 37.5 Å². The Morgan fingerprint density at radius 3 is 3.04 bits per heavy atom. The first-order valence-electron chi connectivity index (χ1n) is 9.43. The number of hydrogen-bond donors (Lipinski definition) is 1. The van der Waals surface area contributed by atoms with Gasteiger partial charge in [0.15, 0.2) is 0 Å². The lowest BCUT2D eigenvalue weighted by atomic mass is 10.0. The van der Waals surface area contributed by atoms with Crippen LogP contribution in [-0.4, -0.2) is 52.9 Å². The van der Waals surface area contributed by atoms with Gasteiger partial charge in [-0.25, -0.2) is 0 Å². The summed E-state index contributed by atoms with van der Waals surface area (Å²) in [7, 11) is 0. The minimum Gasteiger partial charge on any atom is -0.381 e. The number of fused-ring (bicyclic) bond motifs is 1. The van der Waals surface area contributed by atoms with Gasteiger partial charge in [0.2, 0.25) is 5.91 Å². The molecule has 1 fully saturated rings. The molecule has 1 N–H and O–H groups in total. The van der Waals surface area contributed by atoms with Crippen molar-refractivity contribution >= 4 is 17.2 Å².